The number of likely N-dealkylation sites (N-methyl/N-ethyl adjacent to an activating group) is 1. The van der Waals surface area contributed by atoms with Gasteiger partial charge in [-0.3, -0.25) is 4.68 Å². The summed E-state index contributed by atoms with van der Waals surface area (Å²) in [4.78, 5) is 6.70. The average Bonchev–Trinajstić information content (AvgIpc) is 2.96. The van der Waals surface area contributed by atoms with Gasteiger partial charge in [0, 0.05) is 42.9 Å². The third kappa shape index (κ3) is 3.07. The molecule has 18 heavy (non-hydrogen) atoms. The number of nitrogens with zero attached hydrogens (tertiary/aromatic N) is 5. The summed E-state index contributed by atoms with van der Waals surface area (Å²) in [6.45, 7) is 8.11. The fourth-order valence-electron chi connectivity index (χ4n) is 1.46. The van der Waals surface area contributed by atoms with Crippen LogP contribution in [0.3, 0.4) is 0 Å². The molecule has 5 nitrogen and oxygen atoms in total. The molecule has 0 saturated carbocycles. The van der Waals surface area contributed by atoms with Crippen LogP contribution in [0.2, 0.25) is 0 Å². The predicted molar refractivity (Wildman–Crippen MR) is 74.1 cm³/mol. The molecule has 2 rings (SSSR count). The highest BCUT2D eigenvalue weighted by molar-refractivity contribution is 7.09. The zero-order valence-electron chi connectivity index (χ0n) is 11.3. The van der Waals surface area contributed by atoms with Gasteiger partial charge in [-0.25, -0.2) is 4.98 Å². The number of hydrogen-bond donors (Lipinski definition) is 0. The van der Waals surface area contributed by atoms with Crippen molar-refractivity contribution in [2.75, 3.05) is 18.5 Å². The molecule has 2 aromatic rings. The normalized spacial score (nSPS) is 11.8. The Morgan fingerprint density at radius 3 is 2.72 bits per heavy atom. The minimum Gasteiger partial charge on any atom is -0.348 e. The van der Waals surface area contributed by atoms with Gasteiger partial charge in [0.15, 0.2) is 0 Å². The molecule has 6 heteroatoms. The minimum atomic E-state index is 0.0115. The molecule has 0 unspecified atom stereocenters. The Kier molecular flexibility index (Phi) is 3.65. The second-order valence-corrected chi connectivity index (χ2v) is 6.07. The van der Waals surface area contributed by atoms with Crippen molar-refractivity contribution in [3.8, 4) is 0 Å². The second kappa shape index (κ2) is 5.06. The first kappa shape index (κ1) is 13.0. The highest BCUT2D eigenvalue weighted by atomic mass is 32.1. The van der Waals surface area contributed by atoms with E-state index in [0.29, 0.717) is 0 Å². The van der Waals surface area contributed by atoms with E-state index < -0.39 is 0 Å². The van der Waals surface area contributed by atoms with Crippen molar-refractivity contribution >= 4 is 16.7 Å². The van der Waals surface area contributed by atoms with E-state index in [1.165, 1.54) is 11.5 Å². The smallest absolute Gasteiger partial charge is 0.205 e. The van der Waals surface area contributed by atoms with Gasteiger partial charge < -0.3 is 4.90 Å². The standard InChI is InChI=1S/C12H19N5S/c1-12(2,3)10-14-11(18-15-10)16(4)8-9-17-7-5-6-13-17/h5-7H,8-9H2,1-4H3. The first-order chi connectivity index (χ1) is 8.47. The lowest BCUT2D eigenvalue weighted by atomic mass is 9.96. The molecule has 0 aliphatic rings. The third-order valence-corrected chi connectivity index (χ3v) is 3.47. The van der Waals surface area contributed by atoms with Crippen LogP contribution in [-0.2, 0) is 12.0 Å². The van der Waals surface area contributed by atoms with Gasteiger partial charge in [-0.05, 0) is 6.07 Å². The summed E-state index contributed by atoms with van der Waals surface area (Å²) in [5, 5.41) is 5.15. The molecule has 0 saturated heterocycles. The molecule has 0 aliphatic carbocycles. The first-order valence-corrected chi connectivity index (χ1v) is 6.77. The summed E-state index contributed by atoms with van der Waals surface area (Å²) in [6.07, 6.45) is 3.76. The molecule has 2 heterocycles. The molecule has 0 atom stereocenters. The van der Waals surface area contributed by atoms with E-state index in [0.717, 1.165) is 24.0 Å². The number of hydrogen-bond acceptors (Lipinski definition) is 5. The largest absolute Gasteiger partial charge is 0.348 e. The molecule has 0 amide bonds. The molecule has 0 bridgehead atoms. The van der Waals surface area contributed by atoms with Crippen molar-refractivity contribution in [1.29, 1.82) is 0 Å². The number of aromatic nitrogens is 4. The molecular formula is C12H19N5S. The Hall–Kier alpha value is -1.43. The van der Waals surface area contributed by atoms with Gasteiger partial charge in [0.2, 0.25) is 5.13 Å². The van der Waals surface area contributed by atoms with Crippen molar-refractivity contribution in [1.82, 2.24) is 19.1 Å². The van der Waals surface area contributed by atoms with Crippen molar-refractivity contribution < 1.29 is 0 Å². The molecular weight excluding hydrogens is 246 g/mol. The topological polar surface area (TPSA) is 46.8 Å². The summed E-state index contributed by atoms with van der Waals surface area (Å²) in [5.74, 6) is 0.911. The zero-order valence-corrected chi connectivity index (χ0v) is 12.1. The summed E-state index contributed by atoms with van der Waals surface area (Å²) in [6, 6.07) is 1.93. The molecule has 0 aromatic carbocycles. The van der Waals surface area contributed by atoms with E-state index in [9.17, 15) is 0 Å². The Morgan fingerprint density at radius 1 is 1.39 bits per heavy atom. The fourth-order valence-corrected chi connectivity index (χ4v) is 2.30. The Balaban J connectivity index is 1.96. The van der Waals surface area contributed by atoms with Crippen LogP contribution >= 0.6 is 11.5 Å². The number of anilines is 1. The van der Waals surface area contributed by atoms with Crippen molar-refractivity contribution in [3.63, 3.8) is 0 Å². The summed E-state index contributed by atoms with van der Waals surface area (Å²) >= 11 is 1.46. The van der Waals surface area contributed by atoms with E-state index in [4.69, 9.17) is 0 Å². The summed E-state index contributed by atoms with van der Waals surface area (Å²) in [7, 11) is 2.04. The second-order valence-electron chi connectivity index (χ2n) is 5.34. The maximum atomic E-state index is 4.59. The zero-order chi connectivity index (χ0) is 13.2. The third-order valence-electron chi connectivity index (χ3n) is 2.64. The van der Waals surface area contributed by atoms with Crippen LogP contribution in [0, 0.1) is 0 Å². The van der Waals surface area contributed by atoms with E-state index in [-0.39, 0.29) is 5.41 Å². The Labute approximate surface area is 112 Å². The lowest BCUT2D eigenvalue weighted by molar-refractivity contribution is 0.553. The predicted octanol–water partition coefficient (Wildman–Crippen LogP) is 2.17. The monoisotopic (exact) mass is 265 g/mol. The highest BCUT2D eigenvalue weighted by Crippen LogP contribution is 2.24. The van der Waals surface area contributed by atoms with Crippen molar-refractivity contribution in [2.24, 2.45) is 0 Å². The van der Waals surface area contributed by atoms with Crippen molar-refractivity contribution in [2.45, 2.75) is 32.7 Å². The van der Waals surface area contributed by atoms with Crippen LogP contribution in [0.4, 0.5) is 5.13 Å². The molecule has 0 N–H and O–H groups in total. The van der Waals surface area contributed by atoms with E-state index >= 15 is 0 Å². The Bertz CT molecular complexity index is 483. The molecule has 0 radical (unpaired) electrons. The fraction of sp³-hybridized carbons (Fsp3) is 0.583. The van der Waals surface area contributed by atoms with Gasteiger partial charge in [0.05, 0.1) is 6.54 Å². The number of rotatable bonds is 4. The maximum Gasteiger partial charge on any atom is 0.205 e. The average molecular weight is 265 g/mol. The van der Waals surface area contributed by atoms with Crippen LogP contribution in [-0.4, -0.2) is 32.7 Å². The van der Waals surface area contributed by atoms with Gasteiger partial charge in [-0.1, -0.05) is 20.8 Å². The van der Waals surface area contributed by atoms with Crippen molar-refractivity contribution in [3.05, 3.63) is 24.3 Å². The summed E-state index contributed by atoms with van der Waals surface area (Å²) in [5.41, 5.74) is 0.0115. The quantitative estimate of drug-likeness (QED) is 0.850. The lowest BCUT2D eigenvalue weighted by Gasteiger charge is -2.16. The summed E-state index contributed by atoms with van der Waals surface area (Å²) < 4.78 is 6.34. The van der Waals surface area contributed by atoms with E-state index in [1.807, 2.05) is 24.0 Å². The molecule has 2 aromatic heterocycles. The van der Waals surface area contributed by atoms with Crippen LogP contribution < -0.4 is 4.90 Å². The molecule has 0 spiro atoms. The highest BCUT2D eigenvalue weighted by Gasteiger charge is 2.20. The maximum absolute atomic E-state index is 4.59. The van der Waals surface area contributed by atoms with Gasteiger partial charge in [-0.2, -0.15) is 9.47 Å². The lowest BCUT2D eigenvalue weighted by Crippen LogP contribution is -2.23. The van der Waals surface area contributed by atoms with Gasteiger partial charge in [0.25, 0.3) is 0 Å². The van der Waals surface area contributed by atoms with Crippen LogP contribution in [0.1, 0.15) is 26.6 Å². The van der Waals surface area contributed by atoms with Crippen LogP contribution in [0.15, 0.2) is 18.5 Å². The molecule has 98 valence electrons. The van der Waals surface area contributed by atoms with Crippen LogP contribution in [0.5, 0.6) is 0 Å². The Morgan fingerprint density at radius 2 is 2.17 bits per heavy atom. The molecule has 0 fully saturated rings. The van der Waals surface area contributed by atoms with E-state index in [2.05, 4.69) is 40.1 Å². The van der Waals surface area contributed by atoms with Gasteiger partial charge in [0.1, 0.15) is 5.82 Å². The van der Waals surface area contributed by atoms with Gasteiger partial charge in [-0.15, -0.1) is 0 Å². The minimum absolute atomic E-state index is 0.0115. The van der Waals surface area contributed by atoms with Gasteiger partial charge >= 0.3 is 0 Å². The SMILES string of the molecule is CN(CCn1cccn1)c1nc(C(C)(C)C)ns1. The molecule has 0 aliphatic heterocycles. The van der Waals surface area contributed by atoms with E-state index in [1.54, 1.807) is 6.20 Å². The first-order valence-electron chi connectivity index (χ1n) is 5.99. The van der Waals surface area contributed by atoms with Crippen LogP contribution in [0.25, 0.3) is 0 Å².